The minimum Gasteiger partial charge on any atom is -0.380 e. The molecule has 2 rings (SSSR count). The number of nitrogens with two attached hydrogens (primary N) is 1. The van der Waals surface area contributed by atoms with Crippen LogP contribution in [0.15, 0.2) is 24.3 Å². The van der Waals surface area contributed by atoms with Gasteiger partial charge in [0.25, 0.3) is 0 Å². The van der Waals surface area contributed by atoms with E-state index in [0.717, 1.165) is 31.7 Å². The van der Waals surface area contributed by atoms with Crippen molar-refractivity contribution in [2.75, 3.05) is 32.8 Å². The molecule has 1 aliphatic rings. The van der Waals surface area contributed by atoms with Crippen molar-refractivity contribution in [3.05, 3.63) is 34.9 Å². The first kappa shape index (κ1) is 14.3. The lowest BCUT2D eigenvalue weighted by Crippen LogP contribution is -2.36. The Morgan fingerprint density at radius 1 is 1.32 bits per heavy atom. The summed E-state index contributed by atoms with van der Waals surface area (Å²) in [6.07, 6.45) is 0.992. The number of amides is 1. The Hall–Kier alpha value is -1.10. The highest BCUT2D eigenvalue weighted by atomic mass is 35.5. The smallest absolute Gasteiger partial charge is 0.226 e. The van der Waals surface area contributed by atoms with Crippen LogP contribution < -0.4 is 5.73 Å². The molecule has 1 amide bonds. The molecule has 1 atom stereocenters. The predicted molar refractivity (Wildman–Crippen MR) is 75.3 cm³/mol. The summed E-state index contributed by atoms with van der Waals surface area (Å²) in [5.74, 6) is -0.595. The summed E-state index contributed by atoms with van der Waals surface area (Å²) in [6, 6.07) is 7.31. The summed E-state index contributed by atoms with van der Waals surface area (Å²) in [7, 11) is 0. The molecule has 19 heavy (non-hydrogen) atoms. The molecule has 104 valence electrons. The molecule has 0 spiro atoms. The summed E-state index contributed by atoms with van der Waals surface area (Å²) >= 11 is 5.87. The van der Waals surface area contributed by atoms with Gasteiger partial charge in [-0.05, 0) is 24.1 Å². The van der Waals surface area contributed by atoms with Crippen LogP contribution >= 0.6 is 11.6 Å². The van der Waals surface area contributed by atoms with Gasteiger partial charge in [0.05, 0.1) is 12.5 Å². The Morgan fingerprint density at radius 3 is 2.74 bits per heavy atom. The Bertz CT molecular complexity index is 414. The second kappa shape index (κ2) is 6.89. The van der Waals surface area contributed by atoms with Crippen LogP contribution in [-0.2, 0) is 9.53 Å². The molecule has 1 aromatic carbocycles. The molecule has 0 saturated carbocycles. The van der Waals surface area contributed by atoms with Crippen molar-refractivity contribution in [3.8, 4) is 0 Å². The van der Waals surface area contributed by atoms with Crippen LogP contribution in [0.1, 0.15) is 17.9 Å². The average molecular weight is 283 g/mol. The number of nitrogens with zero attached hydrogens (tertiary/aromatic N) is 1. The number of ether oxygens (including phenoxy) is 1. The fourth-order valence-corrected chi connectivity index (χ4v) is 2.42. The molecule has 4 nitrogen and oxygen atoms in total. The molecule has 1 aromatic rings. The molecule has 0 aromatic heterocycles. The van der Waals surface area contributed by atoms with E-state index < -0.39 is 0 Å². The van der Waals surface area contributed by atoms with E-state index in [0.29, 0.717) is 18.2 Å². The van der Waals surface area contributed by atoms with E-state index in [4.69, 9.17) is 22.1 Å². The molecule has 1 aliphatic heterocycles. The van der Waals surface area contributed by atoms with E-state index in [1.54, 1.807) is 12.1 Å². The quantitative estimate of drug-likeness (QED) is 0.913. The minimum atomic E-state index is -0.299. The number of benzene rings is 1. The van der Waals surface area contributed by atoms with Gasteiger partial charge < -0.3 is 10.5 Å². The summed E-state index contributed by atoms with van der Waals surface area (Å²) < 4.78 is 5.41. The van der Waals surface area contributed by atoms with Crippen LogP contribution in [-0.4, -0.2) is 43.7 Å². The van der Waals surface area contributed by atoms with E-state index >= 15 is 0 Å². The summed E-state index contributed by atoms with van der Waals surface area (Å²) in [5, 5.41) is 0.662. The Kier molecular flexibility index (Phi) is 5.19. The van der Waals surface area contributed by atoms with Crippen molar-refractivity contribution >= 4 is 17.5 Å². The number of carbonyl (C=O) groups is 1. The van der Waals surface area contributed by atoms with E-state index in [1.807, 2.05) is 12.1 Å². The van der Waals surface area contributed by atoms with Gasteiger partial charge in [0, 0.05) is 31.3 Å². The molecule has 1 heterocycles. The van der Waals surface area contributed by atoms with Crippen molar-refractivity contribution in [2.45, 2.75) is 12.3 Å². The van der Waals surface area contributed by atoms with Crippen molar-refractivity contribution in [1.82, 2.24) is 4.90 Å². The first-order valence-electron chi connectivity index (χ1n) is 6.51. The maximum absolute atomic E-state index is 11.7. The summed E-state index contributed by atoms with van der Waals surface area (Å²) in [4.78, 5) is 13.9. The molecule has 0 radical (unpaired) electrons. The van der Waals surface area contributed by atoms with Crippen LogP contribution in [0.5, 0.6) is 0 Å². The van der Waals surface area contributed by atoms with Gasteiger partial charge >= 0.3 is 0 Å². The summed E-state index contributed by atoms with van der Waals surface area (Å²) in [6.45, 7) is 3.93. The SMILES string of the molecule is NC(=O)[C@H](CN1CCCOCC1)c1ccc(Cl)cc1. The lowest BCUT2D eigenvalue weighted by molar-refractivity contribution is -0.119. The van der Waals surface area contributed by atoms with Crippen molar-refractivity contribution in [2.24, 2.45) is 5.73 Å². The van der Waals surface area contributed by atoms with E-state index in [-0.39, 0.29) is 11.8 Å². The Morgan fingerprint density at radius 2 is 2.05 bits per heavy atom. The van der Waals surface area contributed by atoms with Gasteiger partial charge in [0.1, 0.15) is 0 Å². The van der Waals surface area contributed by atoms with Crippen molar-refractivity contribution in [1.29, 1.82) is 0 Å². The standard InChI is InChI=1S/C14H19ClN2O2/c15-12-4-2-11(3-5-12)13(14(16)18)10-17-6-1-8-19-9-7-17/h2-5,13H,1,6-10H2,(H2,16,18)/t13-/m1/s1. The third kappa shape index (κ3) is 4.20. The molecular weight excluding hydrogens is 264 g/mol. The number of carbonyl (C=O) groups excluding carboxylic acids is 1. The maximum Gasteiger partial charge on any atom is 0.226 e. The molecular formula is C14H19ClN2O2. The van der Waals surface area contributed by atoms with Gasteiger partial charge in [0.2, 0.25) is 5.91 Å². The van der Waals surface area contributed by atoms with Crippen molar-refractivity contribution < 1.29 is 9.53 Å². The Balaban J connectivity index is 2.07. The fourth-order valence-electron chi connectivity index (χ4n) is 2.29. The number of rotatable bonds is 4. The molecule has 1 fully saturated rings. The molecule has 0 unspecified atom stereocenters. The maximum atomic E-state index is 11.7. The molecule has 1 saturated heterocycles. The van der Waals surface area contributed by atoms with E-state index in [9.17, 15) is 4.79 Å². The van der Waals surface area contributed by atoms with Gasteiger partial charge in [-0.2, -0.15) is 0 Å². The Labute approximate surface area is 118 Å². The highest BCUT2D eigenvalue weighted by Crippen LogP contribution is 2.20. The highest BCUT2D eigenvalue weighted by molar-refractivity contribution is 6.30. The molecule has 0 aliphatic carbocycles. The van der Waals surface area contributed by atoms with Gasteiger partial charge in [-0.3, -0.25) is 9.69 Å². The second-order valence-electron chi connectivity index (χ2n) is 4.77. The van der Waals surface area contributed by atoms with Crippen molar-refractivity contribution in [3.63, 3.8) is 0 Å². The largest absolute Gasteiger partial charge is 0.380 e. The number of halogens is 1. The second-order valence-corrected chi connectivity index (χ2v) is 5.21. The van der Waals surface area contributed by atoms with Gasteiger partial charge in [0.15, 0.2) is 0 Å². The van der Waals surface area contributed by atoms with Crippen LogP contribution in [0.2, 0.25) is 5.02 Å². The van der Waals surface area contributed by atoms with Crippen LogP contribution in [0, 0.1) is 0 Å². The lowest BCUT2D eigenvalue weighted by Gasteiger charge is -2.24. The third-order valence-corrected chi connectivity index (χ3v) is 3.62. The summed E-state index contributed by atoms with van der Waals surface area (Å²) in [5.41, 5.74) is 6.45. The average Bonchev–Trinajstić information content (AvgIpc) is 2.65. The molecule has 0 bridgehead atoms. The van der Waals surface area contributed by atoms with Gasteiger partial charge in [-0.25, -0.2) is 0 Å². The number of primary amides is 1. The number of hydrogen-bond donors (Lipinski definition) is 1. The molecule has 2 N–H and O–H groups in total. The van der Waals surface area contributed by atoms with E-state index in [2.05, 4.69) is 4.90 Å². The zero-order chi connectivity index (χ0) is 13.7. The van der Waals surface area contributed by atoms with Crippen LogP contribution in [0.25, 0.3) is 0 Å². The monoisotopic (exact) mass is 282 g/mol. The third-order valence-electron chi connectivity index (χ3n) is 3.37. The van der Waals surface area contributed by atoms with Gasteiger partial charge in [-0.1, -0.05) is 23.7 Å². The lowest BCUT2D eigenvalue weighted by atomic mass is 9.98. The zero-order valence-electron chi connectivity index (χ0n) is 10.8. The minimum absolute atomic E-state index is 0.296. The predicted octanol–water partition coefficient (Wildman–Crippen LogP) is 1.63. The highest BCUT2D eigenvalue weighted by Gasteiger charge is 2.22. The van der Waals surface area contributed by atoms with Gasteiger partial charge in [-0.15, -0.1) is 0 Å². The van der Waals surface area contributed by atoms with Crippen LogP contribution in [0.4, 0.5) is 0 Å². The molecule has 5 heteroatoms. The first-order valence-corrected chi connectivity index (χ1v) is 6.89. The topological polar surface area (TPSA) is 55.6 Å². The number of hydrogen-bond acceptors (Lipinski definition) is 3. The fraction of sp³-hybridized carbons (Fsp3) is 0.500. The van der Waals surface area contributed by atoms with E-state index in [1.165, 1.54) is 0 Å². The zero-order valence-corrected chi connectivity index (χ0v) is 11.6. The van der Waals surface area contributed by atoms with Crippen LogP contribution in [0.3, 0.4) is 0 Å². The normalized spacial score (nSPS) is 18.8. The first-order chi connectivity index (χ1) is 9.16.